The van der Waals surface area contributed by atoms with Gasteiger partial charge in [0.25, 0.3) is 0 Å². The Morgan fingerprint density at radius 2 is 1.95 bits per heavy atom. The quantitative estimate of drug-likeness (QED) is 0.862. The number of benzene rings is 1. The fourth-order valence-corrected chi connectivity index (χ4v) is 2.01. The van der Waals surface area contributed by atoms with E-state index in [0.717, 1.165) is 6.07 Å². The standard InChI is InChI=1S/C13H15F3N2O2/c1-8(13(19)18-2-4-20-5-3-18)17-11-7-9(14)6-10(15)12(11)16/h6-8,17H,2-5H2,1H3. The molecule has 1 unspecified atom stereocenters. The second-order valence-corrected chi connectivity index (χ2v) is 4.55. The first kappa shape index (κ1) is 14.6. The van der Waals surface area contributed by atoms with Crippen LogP contribution in [0.15, 0.2) is 12.1 Å². The predicted molar refractivity (Wildman–Crippen MR) is 66.8 cm³/mol. The van der Waals surface area contributed by atoms with E-state index in [2.05, 4.69) is 5.32 Å². The summed E-state index contributed by atoms with van der Waals surface area (Å²) in [6, 6.07) is 0.486. The Kier molecular flexibility index (Phi) is 4.49. The van der Waals surface area contributed by atoms with Crippen molar-refractivity contribution in [1.82, 2.24) is 4.90 Å². The number of amides is 1. The SMILES string of the molecule is CC(Nc1cc(F)cc(F)c1F)C(=O)N1CCOCC1. The minimum Gasteiger partial charge on any atom is -0.378 e. The van der Waals surface area contributed by atoms with Crippen LogP contribution in [0.5, 0.6) is 0 Å². The second-order valence-electron chi connectivity index (χ2n) is 4.55. The van der Waals surface area contributed by atoms with Gasteiger partial charge in [-0.1, -0.05) is 0 Å². The minimum atomic E-state index is -1.29. The van der Waals surface area contributed by atoms with Crippen molar-refractivity contribution in [2.45, 2.75) is 13.0 Å². The van der Waals surface area contributed by atoms with Crippen LogP contribution in [0, 0.1) is 17.5 Å². The zero-order chi connectivity index (χ0) is 14.7. The lowest BCUT2D eigenvalue weighted by atomic mass is 10.2. The molecule has 1 aliphatic heterocycles. The fourth-order valence-electron chi connectivity index (χ4n) is 2.01. The van der Waals surface area contributed by atoms with E-state index in [1.165, 1.54) is 6.92 Å². The Morgan fingerprint density at radius 1 is 1.30 bits per heavy atom. The third-order valence-corrected chi connectivity index (χ3v) is 3.06. The molecule has 1 aromatic rings. The molecule has 1 aromatic carbocycles. The fraction of sp³-hybridized carbons (Fsp3) is 0.462. The largest absolute Gasteiger partial charge is 0.378 e. The van der Waals surface area contributed by atoms with Gasteiger partial charge in [-0.15, -0.1) is 0 Å². The molecule has 1 heterocycles. The van der Waals surface area contributed by atoms with Crippen molar-refractivity contribution >= 4 is 11.6 Å². The molecule has 0 aromatic heterocycles. The first-order valence-corrected chi connectivity index (χ1v) is 6.26. The van der Waals surface area contributed by atoms with Crippen molar-refractivity contribution < 1.29 is 22.7 Å². The molecule has 4 nitrogen and oxygen atoms in total. The lowest BCUT2D eigenvalue weighted by molar-refractivity contribution is -0.135. The summed E-state index contributed by atoms with van der Waals surface area (Å²) < 4.78 is 44.8. The lowest BCUT2D eigenvalue weighted by Gasteiger charge is -2.29. The van der Waals surface area contributed by atoms with Crippen LogP contribution in [0.4, 0.5) is 18.9 Å². The summed E-state index contributed by atoms with van der Waals surface area (Å²) in [6.45, 7) is 3.30. The van der Waals surface area contributed by atoms with Crippen molar-refractivity contribution in [2.24, 2.45) is 0 Å². The zero-order valence-electron chi connectivity index (χ0n) is 11.0. The van der Waals surface area contributed by atoms with E-state index in [1.54, 1.807) is 4.90 Å². The molecular formula is C13H15F3N2O2. The number of morpholine rings is 1. The van der Waals surface area contributed by atoms with E-state index in [4.69, 9.17) is 4.74 Å². The number of nitrogens with one attached hydrogen (secondary N) is 1. The molecule has 20 heavy (non-hydrogen) atoms. The Bertz CT molecular complexity index is 505. The molecule has 1 fully saturated rings. The summed E-state index contributed by atoms with van der Waals surface area (Å²) in [5, 5.41) is 2.50. The maximum atomic E-state index is 13.5. The van der Waals surface area contributed by atoms with Gasteiger partial charge in [0.15, 0.2) is 11.6 Å². The predicted octanol–water partition coefficient (Wildman–Crippen LogP) is 1.76. The van der Waals surface area contributed by atoms with Gasteiger partial charge in [0.2, 0.25) is 5.91 Å². The number of carbonyl (C=O) groups is 1. The average molecular weight is 288 g/mol. The Hall–Kier alpha value is -1.76. The van der Waals surface area contributed by atoms with Crippen LogP contribution in [0.2, 0.25) is 0 Å². The zero-order valence-corrected chi connectivity index (χ0v) is 11.0. The van der Waals surface area contributed by atoms with Gasteiger partial charge in [0.05, 0.1) is 18.9 Å². The molecule has 0 aliphatic carbocycles. The number of halogens is 3. The van der Waals surface area contributed by atoms with Crippen molar-refractivity contribution in [3.63, 3.8) is 0 Å². The first-order valence-electron chi connectivity index (χ1n) is 6.26. The van der Waals surface area contributed by atoms with Gasteiger partial charge < -0.3 is 15.0 Å². The van der Waals surface area contributed by atoms with Gasteiger partial charge in [-0.05, 0) is 6.92 Å². The molecule has 0 bridgehead atoms. The molecule has 1 N–H and O–H groups in total. The molecule has 2 rings (SSSR count). The number of hydrogen-bond donors (Lipinski definition) is 1. The smallest absolute Gasteiger partial charge is 0.244 e. The van der Waals surface area contributed by atoms with E-state index in [9.17, 15) is 18.0 Å². The molecule has 1 aliphatic rings. The Labute approximate surface area is 114 Å². The van der Waals surface area contributed by atoms with Crippen LogP contribution in [0.1, 0.15) is 6.92 Å². The molecule has 7 heteroatoms. The average Bonchev–Trinajstić information content (AvgIpc) is 2.44. The topological polar surface area (TPSA) is 41.6 Å². The van der Waals surface area contributed by atoms with E-state index in [1.807, 2.05) is 0 Å². The van der Waals surface area contributed by atoms with Gasteiger partial charge in [-0.2, -0.15) is 0 Å². The number of carbonyl (C=O) groups excluding carboxylic acids is 1. The van der Waals surface area contributed by atoms with Gasteiger partial charge in [-0.25, -0.2) is 13.2 Å². The Morgan fingerprint density at radius 3 is 2.60 bits per heavy atom. The molecule has 1 amide bonds. The van der Waals surface area contributed by atoms with Gasteiger partial charge >= 0.3 is 0 Å². The van der Waals surface area contributed by atoms with Gasteiger partial charge in [0.1, 0.15) is 11.9 Å². The molecule has 0 spiro atoms. The van der Waals surface area contributed by atoms with E-state index >= 15 is 0 Å². The van der Waals surface area contributed by atoms with Gasteiger partial charge in [-0.3, -0.25) is 4.79 Å². The highest BCUT2D eigenvalue weighted by molar-refractivity contribution is 5.84. The van der Waals surface area contributed by atoms with E-state index < -0.39 is 23.5 Å². The van der Waals surface area contributed by atoms with Crippen LogP contribution in [0.25, 0.3) is 0 Å². The molecule has 0 radical (unpaired) electrons. The number of hydrogen-bond acceptors (Lipinski definition) is 3. The number of nitrogens with zero attached hydrogens (tertiary/aromatic N) is 1. The third kappa shape index (κ3) is 3.22. The monoisotopic (exact) mass is 288 g/mol. The van der Waals surface area contributed by atoms with Crippen LogP contribution in [-0.4, -0.2) is 43.2 Å². The molecule has 1 saturated heterocycles. The molecule has 1 atom stereocenters. The summed E-state index contributed by atoms with van der Waals surface area (Å²) in [7, 11) is 0. The highest BCUT2D eigenvalue weighted by Crippen LogP contribution is 2.20. The summed E-state index contributed by atoms with van der Waals surface area (Å²) in [5.74, 6) is -3.67. The summed E-state index contributed by atoms with van der Waals surface area (Å²) in [4.78, 5) is 13.6. The maximum Gasteiger partial charge on any atom is 0.244 e. The Balaban J connectivity index is 2.07. The second kappa shape index (κ2) is 6.13. The van der Waals surface area contributed by atoms with E-state index in [0.29, 0.717) is 32.4 Å². The number of ether oxygens (including phenoxy) is 1. The van der Waals surface area contributed by atoms with Crippen LogP contribution < -0.4 is 5.32 Å². The summed E-state index contributed by atoms with van der Waals surface area (Å²) >= 11 is 0. The molecular weight excluding hydrogens is 273 g/mol. The summed E-state index contributed by atoms with van der Waals surface area (Å²) in [5.41, 5.74) is -0.364. The lowest BCUT2D eigenvalue weighted by Crippen LogP contribution is -2.47. The number of rotatable bonds is 3. The number of anilines is 1. The van der Waals surface area contributed by atoms with Crippen LogP contribution in [0.3, 0.4) is 0 Å². The van der Waals surface area contributed by atoms with Gasteiger partial charge in [0, 0.05) is 25.2 Å². The third-order valence-electron chi connectivity index (χ3n) is 3.06. The maximum absolute atomic E-state index is 13.5. The van der Waals surface area contributed by atoms with E-state index in [-0.39, 0.29) is 11.6 Å². The summed E-state index contributed by atoms with van der Waals surface area (Å²) in [6.07, 6.45) is 0. The first-order chi connectivity index (χ1) is 9.49. The van der Waals surface area contributed by atoms with Crippen LogP contribution in [-0.2, 0) is 9.53 Å². The molecule has 0 saturated carbocycles. The normalized spacial score (nSPS) is 16.9. The van der Waals surface area contributed by atoms with Crippen molar-refractivity contribution in [3.05, 3.63) is 29.6 Å². The van der Waals surface area contributed by atoms with Crippen molar-refractivity contribution in [2.75, 3.05) is 31.6 Å². The molecule has 110 valence electrons. The highest BCUT2D eigenvalue weighted by atomic mass is 19.2. The van der Waals surface area contributed by atoms with Crippen LogP contribution >= 0.6 is 0 Å². The highest BCUT2D eigenvalue weighted by Gasteiger charge is 2.23. The minimum absolute atomic E-state index is 0.266. The van der Waals surface area contributed by atoms with Crippen molar-refractivity contribution in [3.8, 4) is 0 Å². The van der Waals surface area contributed by atoms with Crippen molar-refractivity contribution in [1.29, 1.82) is 0 Å².